The summed E-state index contributed by atoms with van der Waals surface area (Å²) in [5.74, 6) is 0.769. The monoisotopic (exact) mass is 365 g/mol. The van der Waals surface area contributed by atoms with E-state index in [1.807, 2.05) is 6.92 Å². The Kier molecular flexibility index (Phi) is 4.52. The van der Waals surface area contributed by atoms with Gasteiger partial charge in [-0.25, -0.2) is 19.9 Å². The normalized spacial score (nSPS) is 15.6. The van der Waals surface area contributed by atoms with Crippen molar-refractivity contribution < 1.29 is 4.74 Å². The molecule has 1 aliphatic heterocycles. The van der Waals surface area contributed by atoms with Gasteiger partial charge < -0.3 is 15.4 Å². The van der Waals surface area contributed by atoms with E-state index in [1.54, 1.807) is 23.3 Å². The first-order valence-corrected chi connectivity index (χ1v) is 8.76. The highest BCUT2D eigenvalue weighted by Crippen LogP contribution is 2.29. The SMILES string of the molecule is CCC(C#N)n1cnc2c(-c3cnc(N)nc3)nc(N3CCOCC3)nc21. The Labute approximate surface area is 155 Å². The lowest BCUT2D eigenvalue weighted by Gasteiger charge is -2.27. The van der Waals surface area contributed by atoms with Crippen molar-refractivity contribution in [2.75, 3.05) is 36.9 Å². The summed E-state index contributed by atoms with van der Waals surface area (Å²) >= 11 is 0. The van der Waals surface area contributed by atoms with Crippen LogP contribution in [0.15, 0.2) is 18.7 Å². The van der Waals surface area contributed by atoms with Crippen LogP contribution >= 0.6 is 0 Å². The standard InChI is InChI=1S/C17H19N9O/c1-2-12(7-18)26-10-22-14-13(11-8-20-16(19)21-9-11)23-17(24-15(14)26)25-3-5-27-6-4-25/h8-10,12H,2-6H2,1H3,(H2,19,20,21). The zero-order chi connectivity index (χ0) is 18.8. The second-order valence-electron chi connectivity index (χ2n) is 6.18. The Hall–Kier alpha value is -3.32. The van der Waals surface area contributed by atoms with Gasteiger partial charge in [-0.05, 0) is 6.42 Å². The number of hydrogen-bond acceptors (Lipinski definition) is 9. The molecule has 138 valence electrons. The number of hydrogen-bond donors (Lipinski definition) is 1. The number of imidazole rings is 1. The molecule has 3 aromatic rings. The summed E-state index contributed by atoms with van der Waals surface area (Å²) in [7, 11) is 0. The molecule has 1 atom stereocenters. The summed E-state index contributed by atoms with van der Waals surface area (Å²) in [6, 6.07) is 1.95. The predicted molar refractivity (Wildman–Crippen MR) is 98.7 cm³/mol. The number of nitriles is 1. The lowest BCUT2D eigenvalue weighted by Crippen LogP contribution is -2.37. The molecule has 1 unspecified atom stereocenters. The average Bonchev–Trinajstić information content (AvgIpc) is 3.14. The molecule has 3 aromatic heterocycles. The molecule has 1 fully saturated rings. The Morgan fingerprint density at radius 3 is 2.63 bits per heavy atom. The zero-order valence-corrected chi connectivity index (χ0v) is 14.9. The molecule has 1 aliphatic rings. The minimum atomic E-state index is -0.349. The molecule has 0 amide bonds. The fraction of sp³-hybridized carbons (Fsp3) is 0.412. The van der Waals surface area contributed by atoms with Crippen molar-refractivity contribution >= 4 is 23.1 Å². The van der Waals surface area contributed by atoms with E-state index < -0.39 is 0 Å². The van der Waals surface area contributed by atoms with Crippen molar-refractivity contribution in [2.24, 2.45) is 0 Å². The Morgan fingerprint density at radius 2 is 1.96 bits per heavy atom. The molecule has 10 nitrogen and oxygen atoms in total. The molecule has 4 heterocycles. The molecule has 2 N–H and O–H groups in total. The van der Waals surface area contributed by atoms with Crippen LogP contribution in [0.25, 0.3) is 22.4 Å². The van der Waals surface area contributed by atoms with E-state index in [2.05, 4.69) is 25.9 Å². The highest BCUT2D eigenvalue weighted by molar-refractivity contribution is 5.88. The third-order valence-electron chi connectivity index (χ3n) is 4.52. The second kappa shape index (κ2) is 7.13. The van der Waals surface area contributed by atoms with Gasteiger partial charge in [-0.1, -0.05) is 6.92 Å². The third-order valence-corrected chi connectivity index (χ3v) is 4.52. The van der Waals surface area contributed by atoms with E-state index in [-0.39, 0.29) is 12.0 Å². The molecule has 0 spiro atoms. The number of nitrogens with two attached hydrogens (primary N) is 1. The number of nitrogen functional groups attached to an aromatic ring is 1. The molecular weight excluding hydrogens is 346 g/mol. The molecule has 0 aliphatic carbocycles. The average molecular weight is 365 g/mol. The van der Waals surface area contributed by atoms with Crippen LogP contribution in [-0.2, 0) is 4.74 Å². The van der Waals surface area contributed by atoms with Gasteiger partial charge in [0.25, 0.3) is 0 Å². The number of ether oxygens (including phenoxy) is 1. The van der Waals surface area contributed by atoms with Crippen LogP contribution in [0.5, 0.6) is 0 Å². The first-order chi connectivity index (χ1) is 13.2. The minimum absolute atomic E-state index is 0.193. The van der Waals surface area contributed by atoms with Gasteiger partial charge in [-0.2, -0.15) is 10.2 Å². The first kappa shape index (κ1) is 17.1. The summed E-state index contributed by atoms with van der Waals surface area (Å²) in [5.41, 5.74) is 8.15. The van der Waals surface area contributed by atoms with Crippen LogP contribution in [0, 0.1) is 11.3 Å². The van der Waals surface area contributed by atoms with Crippen LogP contribution in [0.4, 0.5) is 11.9 Å². The van der Waals surface area contributed by atoms with E-state index in [9.17, 15) is 5.26 Å². The van der Waals surface area contributed by atoms with Crippen LogP contribution in [-0.4, -0.2) is 55.8 Å². The van der Waals surface area contributed by atoms with Crippen LogP contribution < -0.4 is 10.6 Å². The van der Waals surface area contributed by atoms with Crippen LogP contribution in [0.2, 0.25) is 0 Å². The highest BCUT2D eigenvalue weighted by atomic mass is 16.5. The summed E-state index contributed by atoms with van der Waals surface area (Å²) in [5, 5.41) is 9.49. The molecule has 0 aromatic carbocycles. The van der Waals surface area contributed by atoms with Crippen LogP contribution in [0.3, 0.4) is 0 Å². The van der Waals surface area contributed by atoms with Gasteiger partial charge in [0.15, 0.2) is 5.65 Å². The molecule has 10 heteroatoms. The number of rotatable bonds is 4. The number of fused-ring (bicyclic) bond motifs is 1. The Bertz CT molecular complexity index is 986. The van der Waals surface area contributed by atoms with Gasteiger partial charge in [-0.3, -0.25) is 4.57 Å². The van der Waals surface area contributed by atoms with Gasteiger partial charge in [0.1, 0.15) is 17.3 Å². The van der Waals surface area contributed by atoms with Crippen molar-refractivity contribution in [2.45, 2.75) is 19.4 Å². The van der Waals surface area contributed by atoms with Gasteiger partial charge in [-0.15, -0.1) is 0 Å². The number of morpholine rings is 1. The maximum atomic E-state index is 9.49. The Morgan fingerprint density at radius 1 is 1.22 bits per heavy atom. The van der Waals surface area contributed by atoms with E-state index in [0.717, 1.165) is 0 Å². The smallest absolute Gasteiger partial charge is 0.228 e. The van der Waals surface area contributed by atoms with Gasteiger partial charge >= 0.3 is 0 Å². The fourth-order valence-corrected chi connectivity index (χ4v) is 3.05. The number of aromatic nitrogens is 6. The van der Waals surface area contributed by atoms with Crippen molar-refractivity contribution in [3.8, 4) is 17.3 Å². The number of nitrogens with zero attached hydrogens (tertiary/aromatic N) is 8. The summed E-state index contributed by atoms with van der Waals surface area (Å²) in [4.78, 5) is 24.1. The fourth-order valence-electron chi connectivity index (χ4n) is 3.05. The third kappa shape index (κ3) is 3.13. The quantitative estimate of drug-likeness (QED) is 0.723. The van der Waals surface area contributed by atoms with Gasteiger partial charge in [0.05, 0.1) is 25.6 Å². The molecule has 1 saturated heterocycles. The zero-order valence-electron chi connectivity index (χ0n) is 14.9. The van der Waals surface area contributed by atoms with Crippen molar-refractivity contribution in [3.63, 3.8) is 0 Å². The van der Waals surface area contributed by atoms with Crippen molar-refractivity contribution in [3.05, 3.63) is 18.7 Å². The molecule has 4 rings (SSSR count). The van der Waals surface area contributed by atoms with Gasteiger partial charge in [0.2, 0.25) is 11.9 Å². The number of anilines is 2. The van der Waals surface area contributed by atoms with E-state index in [4.69, 9.17) is 20.4 Å². The largest absolute Gasteiger partial charge is 0.378 e. The topological polar surface area (TPSA) is 132 Å². The van der Waals surface area contributed by atoms with E-state index >= 15 is 0 Å². The molecule has 0 radical (unpaired) electrons. The summed E-state index contributed by atoms with van der Waals surface area (Å²) in [6.07, 6.45) is 5.53. The first-order valence-electron chi connectivity index (χ1n) is 8.76. The van der Waals surface area contributed by atoms with E-state index in [0.29, 0.717) is 61.1 Å². The van der Waals surface area contributed by atoms with Crippen LogP contribution in [0.1, 0.15) is 19.4 Å². The maximum Gasteiger partial charge on any atom is 0.228 e. The van der Waals surface area contributed by atoms with Gasteiger partial charge in [0, 0.05) is 31.0 Å². The summed E-state index contributed by atoms with van der Waals surface area (Å²) < 4.78 is 7.22. The lowest BCUT2D eigenvalue weighted by atomic mass is 10.2. The maximum absolute atomic E-state index is 9.49. The lowest BCUT2D eigenvalue weighted by molar-refractivity contribution is 0.122. The van der Waals surface area contributed by atoms with E-state index in [1.165, 1.54) is 0 Å². The molecular formula is C17H19N9O. The minimum Gasteiger partial charge on any atom is -0.378 e. The predicted octanol–water partition coefficient (Wildman–Crippen LogP) is 1.18. The highest BCUT2D eigenvalue weighted by Gasteiger charge is 2.22. The Balaban J connectivity index is 1.92. The van der Waals surface area contributed by atoms with Crippen molar-refractivity contribution in [1.82, 2.24) is 29.5 Å². The van der Waals surface area contributed by atoms with Crippen molar-refractivity contribution in [1.29, 1.82) is 5.26 Å². The summed E-state index contributed by atoms with van der Waals surface area (Å²) in [6.45, 7) is 4.60. The molecule has 0 saturated carbocycles. The molecule has 27 heavy (non-hydrogen) atoms. The second-order valence-corrected chi connectivity index (χ2v) is 6.18. The molecule has 0 bridgehead atoms.